The van der Waals surface area contributed by atoms with Crippen molar-refractivity contribution < 1.29 is 17.9 Å². The van der Waals surface area contributed by atoms with Crippen LogP contribution >= 0.6 is 0 Å². The second-order valence-corrected chi connectivity index (χ2v) is 6.52. The Morgan fingerprint density at radius 2 is 2.14 bits per heavy atom. The van der Waals surface area contributed by atoms with Crippen LogP contribution in [0.4, 0.5) is 5.69 Å². The van der Waals surface area contributed by atoms with Crippen molar-refractivity contribution >= 4 is 21.6 Å². The molecular weight excluding hydrogens is 292 g/mol. The Hall–Kier alpha value is -2.04. The average molecular weight is 308 g/mol. The van der Waals surface area contributed by atoms with Gasteiger partial charge in [-0.1, -0.05) is 18.1 Å². The van der Waals surface area contributed by atoms with Crippen molar-refractivity contribution in [1.29, 1.82) is 0 Å². The normalized spacial score (nSPS) is 18.6. The first-order valence-electron chi connectivity index (χ1n) is 6.37. The molecule has 0 spiro atoms. The van der Waals surface area contributed by atoms with E-state index in [9.17, 15) is 13.2 Å². The molecule has 0 aromatic heterocycles. The quantitative estimate of drug-likeness (QED) is 0.794. The number of nitrogens with two attached hydrogens (primary N) is 1. The third kappa shape index (κ3) is 3.97. The van der Waals surface area contributed by atoms with Gasteiger partial charge in [-0.25, -0.2) is 13.6 Å². The van der Waals surface area contributed by atoms with E-state index in [0.717, 1.165) is 0 Å². The zero-order valence-corrected chi connectivity index (χ0v) is 12.2. The number of amides is 1. The highest BCUT2D eigenvalue weighted by atomic mass is 32.2. The molecular formula is C14H16N2O4S. The highest BCUT2D eigenvalue weighted by Crippen LogP contribution is 2.33. The predicted octanol–water partition coefficient (Wildman–Crippen LogP) is 0.340. The molecule has 1 aromatic rings. The van der Waals surface area contributed by atoms with Crippen LogP contribution < -0.4 is 14.8 Å². The molecule has 0 aliphatic carbocycles. The van der Waals surface area contributed by atoms with Crippen molar-refractivity contribution in [2.24, 2.45) is 11.1 Å². The molecule has 1 unspecified atom stereocenters. The minimum absolute atomic E-state index is 0.0969. The maximum Gasteiger partial charge on any atom is 0.227 e. The second kappa shape index (κ2) is 6.16. The van der Waals surface area contributed by atoms with Gasteiger partial charge in [0.2, 0.25) is 15.9 Å². The van der Waals surface area contributed by atoms with Gasteiger partial charge in [0.25, 0.3) is 0 Å². The van der Waals surface area contributed by atoms with Crippen LogP contribution in [0.1, 0.15) is 6.42 Å². The van der Waals surface area contributed by atoms with Gasteiger partial charge >= 0.3 is 0 Å². The summed E-state index contributed by atoms with van der Waals surface area (Å²) in [5.41, 5.74) is 0.592. The smallest absolute Gasteiger partial charge is 0.227 e. The van der Waals surface area contributed by atoms with E-state index in [2.05, 4.69) is 5.92 Å². The van der Waals surface area contributed by atoms with E-state index < -0.39 is 10.0 Å². The van der Waals surface area contributed by atoms with Crippen molar-refractivity contribution in [3.05, 3.63) is 24.3 Å². The molecule has 1 aliphatic rings. The summed E-state index contributed by atoms with van der Waals surface area (Å²) >= 11 is 0. The Labute approximate surface area is 123 Å². The van der Waals surface area contributed by atoms with Gasteiger partial charge in [0.15, 0.2) is 0 Å². The third-order valence-electron chi connectivity index (χ3n) is 3.14. The molecule has 1 heterocycles. The lowest BCUT2D eigenvalue weighted by atomic mass is 10.1. The summed E-state index contributed by atoms with van der Waals surface area (Å²) in [6.07, 6.45) is 5.32. The van der Waals surface area contributed by atoms with Crippen LogP contribution in [-0.2, 0) is 14.8 Å². The van der Waals surface area contributed by atoms with Crippen molar-refractivity contribution in [2.75, 3.05) is 23.8 Å². The van der Waals surface area contributed by atoms with Crippen LogP contribution in [0.15, 0.2) is 24.3 Å². The van der Waals surface area contributed by atoms with Crippen molar-refractivity contribution in [3.8, 4) is 18.1 Å². The van der Waals surface area contributed by atoms with E-state index in [1.807, 2.05) is 0 Å². The van der Waals surface area contributed by atoms with Gasteiger partial charge in [0.1, 0.15) is 12.4 Å². The standard InChI is InChI=1S/C14H16N2O4S/c1-2-7-20-13-6-4-3-5-12(13)16-9-11(8-14(16)17)10-21(15,18)19/h1,3-6,11H,7-10H2,(H2,15,18,19). The summed E-state index contributed by atoms with van der Waals surface area (Å²) in [7, 11) is -3.60. The van der Waals surface area contributed by atoms with E-state index in [1.54, 1.807) is 24.3 Å². The van der Waals surface area contributed by atoms with Gasteiger partial charge in [0.05, 0.1) is 11.4 Å². The fourth-order valence-corrected chi connectivity index (χ4v) is 3.26. The zero-order chi connectivity index (χ0) is 15.5. The van der Waals surface area contributed by atoms with Crippen LogP contribution in [0.3, 0.4) is 0 Å². The Balaban J connectivity index is 2.19. The topological polar surface area (TPSA) is 89.7 Å². The Kier molecular flexibility index (Phi) is 4.50. The zero-order valence-electron chi connectivity index (χ0n) is 11.4. The molecule has 1 saturated heterocycles. The van der Waals surface area contributed by atoms with Crippen LogP contribution in [0, 0.1) is 18.3 Å². The minimum atomic E-state index is -3.60. The van der Waals surface area contributed by atoms with E-state index >= 15 is 0 Å². The van der Waals surface area contributed by atoms with Crippen LogP contribution in [0.5, 0.6) is 5.75 Å². The monoisotopic (exact) mass is 308 g/mol. The van der Waals surface area contributed by atoms with E-state index in [4.69, 9.17) is 16.3 Å². The summed E-state index contributed by atoms with van der Waals surface area (Å²) in [5, 5.41) is 5.04. The first kappa shape index (κ1) is 15.4. The van der Waals surface area contributed by atoms with E-state index in [1.165, 1.54) is 4.90 Å². The first-order valence-corrected chi connectivity index (χ1v) is 8.08. The minimum Gasteiger partial charge on any atom is -0.479 e. The average Bonchev–Trinajstić information content (AvgIpc) is 2.75. The predicted molar refractivity (Wildman–Crippen MR) is 79.2 cm³/mol. The fraction of sp³-hybridized carbons (Fsp3) is 0.357. The molecule has 0 radical (unpaired) electrons. The number of sulfonamides is 1. The number of nitrogens with zero attached hydrogens (tertiary/aromatic N) is 1. The maximum atomic E-state index is 12.1. The van der Waals surface area contributed by atoms with Crippen molar-refractivity contribution in [2.45, 2.75) is 6.42 Å². The maximum absolute atomic E-state index is 12.1. The number of para-hydroxylation sites is 2. The lowest BCUT2D eigenvalue weighted by Crippen LogP contribution is -2.27. The number of ether oxygens (including phenoxy) is 1. The number of primary sulfonamides is 1. The molecule has 112 valence electrons. The van der Waals surface area contributed by atoms with E-state index in [0.29, 0.717) is 18.0 Å². The number of hydrogen-bond donors (Lipinski definition) is 1. The third-order valence-corrected chi connectivity index (χ3v) is 4.08. The molecule has 1 amide bonds. The number of carbonyl (C=O) groups excluding carboxylic acids is 1. The molecule has 6 nitrogen and oxygen atoms in total. The summed E-state index contributed by atoms with van der Waals surface area (Å²) < 4.78 is 27.7. The summed E-state index contributed by atoms with van der Waals surface area (Å²) in [5.74, 6) is 2.19. The molecule has 2 rings (SSSR count). The summed E-state index contributed by atoms with van der Waals surface area (Å²) in [6, 6.07) is 7.01. The number of terminal acetylenes is 1. The Morgan fingerprint density at radius 1 is 1.43 bits per heavy atom. The van der Waals surface area contributed by atoms with Crippen molar-refractivity contribution in [1.82, 2.24) is 0 Å². The highest BCUT2D eigenvalue weighted by Gasteiger charge is 2.34. The largest absolute Gasteiger partial charge is 0.479 e. The van der Waals surface area contributed by atoms with Crippen LogP contribution in [0.2, 0.25) is 0 Å². The van der Waals surface area contributed by atoms with Gasteiger partial charge in [0, 0.05) is 18.9 Å². The molecule has 1 aromatic carbocycles. The SMILES string of the molecule is C#CCOc1ccccc1N1CC(CS(N)(=O)=O)CC1=O. The molecule has 0 bridgehead atoms. The fourth-order valence-electron chi connectivity index (χ4n) is 2.38. The number of rotatable bonds is 5. The lowest BCUT2D eigenvalue weighted by Gasteiger charge is -2.19. The molecule has 2 N–H and O–H groups in total. The van der Waals surface area contributed by atoms with Crippen molar-refractivity contribution in [3.63, 3.8) is 0 Å². The van der Waals surface area contributed by atoms with Gasteiger partial charge < -0.3 is 9.64 Å². The van der Waals surface area contributed by atoms with Gasteiger partial charge in [-0.3, -0.25) is 4.79 Å². The molecule has 1 atom stereocenters. The highest BCUT2D eigenvalue weighted by molar-refractivity contribution is 7.89. The van der Waals surface area contributed by atoms with Crippen LogP contribution in [0.25, 0.3) is 0 Å². The van der Waals surface area contributed by atoms with Crippen LogP contribution in [-0.4, -0.2) is 33.2 Å². The molecule has 1 aliphatic heterocycles. The molecule has 1 fully saturated rings. The molecule has 0 saturated carbocycles. The first-order chi connectivity index (χ1) is 9.90. The number of hydrogen-bond acceptors (Lipinski definition) is 4. The number of benzene rings is 1. The van der Waals surface area contributed by atoms with Gasteiger partial charge in [-0.2, -0.15) is 0 Å². The molecule has 21 heavy (non-hydrogen) atoms. The van der Waals surface area contributed by atoms with E-state index in [-0.39, 0.29) is 30.6 Å². The summed E-state index contributed by atoms with van der Waals surface area (Å²) in [4.78, 5) is 13.6. The second-order valence-electron chi connectivity index (χ2n) is 4.86. The molecule has 7 heteroatoms. The number of anilines is 1. The Morgan fingerprint density at radius 3 is 2.81 bits per heavy atom. The Bertz CT molecular complexity index is 678. The number of carbonyl (C=O) groups is 1. The summed E-state index contributed by atoms with van der Waals surface area (Å²) in [6.45, 7) is 0.394. The lowest BCUT2D eigenvalue weighted by molar-refractivity contribution is -0.117. The van der Waals surface area contributed by atoms with Gasteiger partial charge in [-0.05, 0) is 12.1 Å². The van der Waals surface area contributed by atoms with Gasteiger partial charge in [-0.15, -0.1) is 6.42 Å².